The molecule has 0 spiro atoms. The Labute approximate surface area is 110 Å². The summed E-state index contributed by atoms with van der Waals surface area (Å²) in [6.07, 6.45) is 3.49. The van der Waals surface area contributed by atoms with Crippen LogP contribution in [0, 0.1) is 5.92 Å². The molecule has 1 fully saturated rings. The van der Waals surface area contributed by atoms with Crippen molar-refractivity contribution in [3.63, 3.8) is 0 Å². The maximum Gasteiger partial charge on any atom is 0.311 e. The average Bonchev–Trinajstić information content (AvgIpc) is 2.29. The van der Waals surface area contributed by atoms with E-state index in [1.54, 1.807) is 6.92 Å². The van der Waals surface area contributed by atoms with Crippen LogP contribution in [0.3, 0.4) is 0 Å². The number of esters is 1. The molecule has 0 bridgehead atoms. The van der Waals surface area contributed by atoms with Gasteiger partial charge in [0.25, 0.3) is 0 Å². The highest BCUT2D eigenvalue weighted by Gasteiger charge is 2.40. The van der Waals surface area contributed by atoms with Crippen molar-refractivity contribution in [1.82, 2.24) is 0 Å². The van der Waals surface area contributed by atoms with Crippen molar-refractivity contribution in [2.24, 2.45) is 5.92 Å². The predicted octanol–water partition coefficient (Wildman–Crippen LogP) is 2.90. The largest absolute Gasteiger partial charge is 0.466 e. The van der Waals surface area contributed by atoms with E-state index in [1.165, 1.54) is 0 Å². The van der Waals surface area contributed by atoms with Crippen molar-refractivity contribution in [1.29, 1.82) is 0 Å². The number of hydrogen-bond acceptors (Lipinski definition) is 4. The monoisotopic (exact) mass is 258 g/mol. The molecular weight excluding hydrogens is 232 g/mol. The van der Waals surface area contributed by atoms with E-state index in [1.807, 2.05) is 6.92 Å². The van der Waals surface area contributed by atoms with Crippen LogP contribution in [0.15, 0.2) is 0 Å². The second-order valence-electron chi connectivity index (χ2n) is 5.04. The first-order valence-electron chi connectivity index (χ1n) is 7.02. The van der Waals surface area contributed by atoms with E-state index >= 15 is 0 Å². The van der Waals surface area contributed by atoms with E-state index in [4.69, 9.17) is 14.2 Å². The van der Waals surface area contributed by atoms with Gasteiger partial charge in [-0.2, -0.15) is 0 Å². The third-order valence-corrected chi connectivity index (χ3v) is 3.40. The van der Waals surface area contributed by atoms with Crippen LogP contribution in [0.4, 0.5) is 0 Å². The van der Waals surface area contributed by atoms with Crippen molar-refractivity contribution < 1.29 is 19.0 Å². The van der Waals surface area contributed by atoms with Crippen molar-refractivity contribution in [3.8, 4) is 0 Å². The molecule has 0 aromatic carbocycles. The molecule has 0 saturated carbocycles. The van der Waals surface area contributed by atoms with Gasteiger partial charge >= 0.3 is 5.97 Å². The number of rotatable bonds is 6. The molecule has 106 valence electrons. The molecule has 1 aliphatic rings. The normalized spacial score (nSPS) is 32.2. The minimum atomic E-state index is -0.822. The molecule has 0 amide bonds. The lowest BCUT2D eigenvalue weighted by atomic mass is 9.94. The zero-order chi connectivity index (χ0) is 13.6. The Bertz CT molecular complexity index is 267. The fourth-order valence-electron chi connectivity index (χ4n) is 2.37. The van der Waals surface area contributed by atoms with Crippen LogP contribution in [-0.4, -0.2) is 31.1 Å². The van der Waals surface area contributed by atoms with Crippen LogP contribution in [0.25, 0.3) is 0 Å². The van der Waals surface area contributed by atoms with Gasteiger partial charge in [0.05, 0.1) is 25.7 Å². The van der Waals surface area contributed by atoms with Gasteiger partial charge in [0.1, 0.15) is 0 Å². The van der Waals surface area contributed by atoms with Gasteiger partial charge in [0, 0.05) is 5.92 Å². The summed E-state index contributed by atoms with van der Waals surface area (Å²) >= 11 is 0. The zero-order valence-electron chi connectivity index (χ0n) is 12.0. The Morgan fingerprint density at radius 3 is 2.67 bits per heavy atom. The molecule has 0 N–H and O–H groups in total. The highest BCUT2D eigenvalue weighted by Crippen LogP contribution is 2.33. The van der Waals surface area contributed by atoms with E-state index in [-0.39, 0.29) is 18.5 Å². The summed E-state index contributed by atoms with van der Waals surface area (Å²) in [5, 5.41) is 0. The number of carbonyl (C=O) groups is 1. The van der Waals surface area contributed by atoms with Crippen LogP contribution in [0.2, 0.25) is 0 Å². The molecule has 0 aliphatic carbocycles. The second kappa shape index (κ2) is 7.10. The molecule has 0 unspecified atom stereocenters. The maximum atomic E-state index is 11.5. The molecule has 1 heterocycles. The Balaban J connectivity index is 2.59. The Kier molecular flexibility index (Phi) is 6.09. The van der Waals surface area contributed by atoms with Crippen LogP contribution in [0.5, 0.6) is 0 Å². The fraction of sp³-hybridized carbons (Fsp3) is 0.929. The van der Waals surface area contributed by atoms with Crippen molar-refractivity contribution in [2.75, 3.05) is 13.2 Å². The molecule has 4 nitrogen and oxygen atoms in total. The predicted molar refractivity (Wildman–Crippen MR) is 69.2 cm³/mol. The van der Waals surface area contributed by atoms with E-state index in [2.05, 4.69) is 13.8 Å². The van der Waals surface area contributed by atoms with Crippen molar-refractivity contribution in [2.45, 2.75) is 65.3 Å². The van der Waals surface area contributed by atoms with Gasteiger partial charge in [0.2, 0.25) is 0 Å². The Hall–Kier alpha value is -0.610. The summed E-state index contributed by atoms with van der Waals surface area (Å²) in [6.45, 7) is 8.98. The third-order valence-electron chi connectivity index (χ3n) is 3.40. The Morgan fingerprint density at radius 2 is 2.11 bits per heavy atom. The lowest BCUT2D eigenvalue weighted by molar-refractivity contribution is -0.304. The standard InChI is InChI=1S/C14H26O4/c1-5-8-12-11(6-2)10-17-14(4,18-12)9-13(15)16-7-3/h11-12H,5-10H2,1-4H3/t11-,12+,14-/m1/s1. The lowest BCUT2D eigenvalue weighted by Crippen LogP contribution is -2.48. The molecular formula is C14H26O4. The van der Waals surface area contributed by atoms with Crippen LogP contribution in [0.1, 0.15) is 53.4 Å². The molecule has 3 atom stereocenters. The van der Waals surface area contributed by atoms with Crippen LogP contribution >= 0.6 is 0 Å². The van der Waals surface area contributed by atoms with Gasteiger partial charge in [-0.25, -0.2) is 0 Å². The SMILES string of the molecule is CCC[C@@H]1O[C@](C)(CC(=O)OCC)OC[C@H]1CC. The maximum absolute atomic E-state index is 11.5. The summed E-state index contributed by atoms with van der Waals surface area (Å²) in [5.41, 5.74) is 0. The molecule has 1 aliphatic heterocycles. The summed E-state index contributed by atoms with van der Waals surface area (Å²) < 4.78 is 16.7. The first-order chi connectivity index (χ1) is 8.54. The number of ether oxygens (including phenoxy) is 3. The van der Waals surface area contributed by atoms with Crippen LogP contribution in [-0.2, 0) is 19.0 Å². The minimum absolute atomic E-state index is 0.164. The highest BCUT2D eigenvalue weighted by atomic mass is 16.7. The van der Waals surface area contributed by atoms with Gasteiger partial charge in [-0.3, -0.25) is 4.79 Å². The molecule has 0 aromatic heterocycles. The Morgan fingerprint density at radius 1 is 1.39 bits per heavy atom. The topological polar surface area (TPSA) is 44.8 Å². The third kappa shape index (κ3) is 4.25. The second-order valence-corrected chi connectivity index (χ2v) is 5.04. The van der Waals surface area contributed by atoms with Gasteiger partial charge in [-0.05, 0) is 26.7 Å². The highest BCUT2D eigenvalue weighted by molar-refractivity contribution is 5.70. The number of carbonyl (C=O) groups excluding carboxylic acids is 1. The lowest BCUT2D eigenvalue weighted by Gasteiger charge is -2.42. The van der Waals surface area contributed by atoms with Crippen LogP contribution < -0.4 is 0 Å². The smallest absolute Gasteiger partial charge is 0.311 e. The van der Waals surface area contributed by atoms with Gasteiger partial charge in [-0.15, -0.1) is 0 Å². The van der Waals surface area contributed by atoms with E-state index < -0.39 is 5.79 Å². The van der Waals surface area contributed by atoms with Crippen molar-refractivity contribution >= 4 is 5.97 Å². The number of hydrogen-bond donors (Lipinski definition) is 0. The molecule has 0 radical (unpaired) electrons. The molecule has 1 rings (SSSR count). The summed E-state index contributed by atoms with van der Waals surface area (Å²) in [5.74, 6) is -0.650. The average molecular weight is 258 g/mol. The van der Waals surface area contributed by atoms with Gasteiger partial charge in [0.15, 0.2) is 5.79 Å². The van der Waals surface area contributed by atoms with Crippen molar-refractivity contribution in [3.05, 3.63) is 0 Å². The zero-order valence-corrected chi connectivity index (χ0v) is 12.0. The van der Waals surface area contributed by atoms with Gasteiger partial charge < -0.3 is 14.2 Å². The van der Waals surface area contributed by atoms with E-state index in [0.29, 0.717) is 19.1 Å². The molecule has 18 heavy (non-hydrogen) atoms. The fourth-order valence-corrected chi connectivity index (χ4v) is 2.37. The molecule has 0 aromatic rings. The van der Waals surface area contributed by atoms with Gasteiger partial charge in [-0.1, -0.05) is 20.3 Å². The molecule has 1 saturated heterocycles. The summed E-state index contributed by atoms with van der Waals surface area (Å²) in [4.78, 5) is 11.5. The van der Waals surface area contributed by atoms with E-state index in [0.717, 1.165) is 19.3 Å². The summed E-state index contributed by atoms with van der Waals surface area (Å²) in [7, 11) is 0. The first-order valence-corrected chi connectivity index (χ1v) is 7.02. The van der Waals surface area contributed by atoms with E-state index in [9.17, 15) is 4.79 Å². The first kappa shape index (κ1) is 15.4. The quantitative estimate of drug-likeness (QED) is 0.687. The minimum Gasteiger partial charge on any atom is -0.466 e. The molecule has 4 heteroatoms. The summed E-state index contributed by atoms with van der Waals surface area (Å²) in [6, 6.07) is 0.